The molecule has 0 spiro atoms. The van der Waals surface area contributed by atoms with Gasteiger partial charge in [0, 0.05) is 16.0 Å². The predicted molar refractivity (Wildman–Crippen MR) is 78.5 cm³/mol. The van der Waals surface area contributed by atoms with Crippen molar-refractivity contribution in [2.75, 3.05) is 0 Å². The molecule has 0 heterocycles. The van der Waals surface area contributed by atoms with Gasteiger partial charge in [-0.2, -0.15) is 0 Å². The van der Waals surface area contributed by atoms with E-state index in [1.807, 2.05) is 13.0 Å². The first-order valence-corrected chi connectivity index (χ1v) is 6.96. The molecule has 1 aromatic carbocycles. The highest BCUT2D eigenvalue weighted by atomic mass is 35.5. The summed E-state index contributed by atoms with van der Waals surface area (Å²) in [6.07, 6.45) is 2.87. The Bertz CT molecular complexity index is 589. The third-order valence-electron chi connectivity index (χ3n) is 3.46. The average Bonchev–Trinajstić information content (AvgIpc) is 2.57. The Labute approximate surface area is 127 Å². The number of phenolic OH excluding ortho intramolecular Hbond substituents is 1. The van der Waals surface area contributed by atoms with E-state index in [-0.39, 0.29) is 21.6 Å². The second-order valence-corrected chi connectivity index (χ2v) is 6.47. The van der Waals surface area contributed by atoms with Crippen LogP contribution >= 0.6 is 34.8 Å². The molecule has 0 saturated carbocycles. The summed E-state index contributed by atoms with van der Waals surface area (Å²) in [6, 6.07) is 1.52. The fourth-order valence-corrected chi connectivity index (χ4v) is 2.91. The maximum absolute atomic E-state index is 12.5. The van der Waals surface area contributed by atoms with Gasteiger partial charge in [-0.1, -0.05) is 47.8 Å². The SMILES string of the molecule is C/C(Cl)=C/CC1(C)Cc2cc(O)c(Cl)c(Cl)c2C1=O. The Balaban J connectivity index is 2.47. The van der Waals surface area contributed by atoms with Gasteiger partial charge in [0.05, 0.1) is 5.02 Å². The number of rotatable bonds is 2. The Hall–Kier alpha value is -0.700. The fourth-order valence-electron chi connectivity index (χ4n) is 2.38. The van der Waals surface area contributed by atoms with E-state index in [4.69, 9.17) is 34.8 Å². The van der Waals surface area contributed by atoms with Gasteiger partial charge in [0.1, 0.15) is 10.8 Å². The molecule has 0 aromatic heterocycles. The first-order chi connectivity index (χ1) is 8.76. The summed E-state index contributed by atoms with van der Waals surface area (Å²) in [5.74, 6) is -0.143. The standard InChI is InChI=1S/C14H13Cl3O2/c1-7(15)3-4-14(2)6-8-5-9(18)11(16)12(17)10(8)13(14)19/h3,5,18H,4,6H2,1-2H3/b7-3-. The second-order valence-electron chi connectivity index (χ2n) is 5.12. The summed E-state index contributed by atoms with van der Waals surface area (Å²) in [5.41, 5.74) is 0.576. The minimum atomic E-state index is -0.584. The topological polar surface area (TPSA) is 37.3 Å². The summed E-state index contributed by atoms with van der Waals surface area (Å²) < 4.78 is 0. The molecule has 0 amide bonds. The van der Waals surface area contributed by atoms with Crippen LogP contribution in [0.2, 0.25) is 10.0 Å². The zero-order valence-electron chi connectivity index (χ0n) is 10.6. The van der Waals surface area contributed by atoms with Crippen LogP contribution < -0.4 is 0 Å². The van der Waals surface area contributed by atoms with Crippen molar-refractivity contribution in [3.8, 4) is 5.75 Å². The lowest BCUT2D eigenvalue weighted by Crippen LogP contribution is -2.23. The van der Waals surface area contributed by atoms with E-state index in [9.17, 15) is 9.90 Å². The summed E-state index contributed by atoms with van der Waals surface area (Å²) in [6.45, 7) is 3.64. The molecule has 1 aliphatic rings. The Kier molecular flexibility index (Phi) is 3.87. The number of carbonyl (C=O) groups is 1. The third-order valence-corrected chi connectivity index (χ3v) is 4.47. The highest BCUT2D eigenvalue weighted by molar-refractivity contribution is 6.45. The van der Waals surface area contributed by atoms with Crippen molar-refractivity contribution in [2.45, 2.75) is 26.7 Å². The molecule has 5 heteroatoms. The van der Waals surface area contributed by atoms with Crippen molar-refractivity contribution in [2.24, 2.45) is 5.41 Å². The first-order valence-electron chi connectivity index (χ1n) is 5.83. The Morgan fingerprint density at radius 1 is 1.47 bits per heavy atom. The number of Topliss-reactive ketones (excluding diaryl/α,β-unsaturated/α-hetero) is 1. The molecule has 19 heavy (non-hydrogen) atoms. The highest BCUT2D eigenvalue weighted by Gasteiger charge is 2.43. The number of carbonyl (C=O) groups excluding carboxylic acids is 1. The van der Waals surface area contributed by atoms with E-state index in [1.54, 1.807) is 6.92 Å². The molecule has 0 saturated heterocycles. The number of hydrogen-bond acceptors (Lipinski definition) is 2. The van der Waals surface area contributed by atoms with E-state index in [2.05, 4.69) is 0 Å². The minimum Gasteiger partial charge on any atom is -0.506 e. The molecule has 0 bridgehead atoms. The van der Waals surface area contributed by atoms with Crippen molar-refractivity contribution >= 4 is 40.6 Å². The van der Waals surface area contributed by atoms with Crippen LogP contribution in [0.4, 0.5) is 0 Å². The normalized spacial score (nSPS) is 22.8. The Morgan fingerprint density at radius 2 is 2.11 bits per heavy atom. The number of phenols is 1. The van der Waals surface area contributed by atoms with Gasteiger partial charge >= 0.3 is 0 Å². The number of hydrogen-bond donors (Lipinski definition) is 1. The van der Waals surface area contributed by atoms with Crippen molar-refractivity contribution in [3.05, 3.63) is 38.3 Å². The second kappa shape index (κ2) is 5.01. The van der Waals surface area contributed by atoms with E-state index < -0.39 is 5.41 Å². The number of halogens is 3. The molecule has 2 rings (SSSR count). The van der Waals surface area contributed by atoms with Gasteiger partial charge in [-0.15, -0.1) is 0 Å². The summed E-state index contributed by atoms with van der Waals surface area (Å²) in [4.78, 5) is 12.5. The van der Waals surface area contributed by atoms with E-state index in [0.29, 0.717) is 23.4 Å². The summed E-state index contributed by atoms with van der Waals surface area (Å²) >= 11 is 17.8. The van der Waals surface area contributed by atoms with Gasteiger partial charge in [0.15, 0.2) is 5.78 Å². The van der Waals surface area contributed by atoms with Crippen LogP contribution in [0, 0.1) is 5.41 Å². The van der Waals surface area contributed by atoms with Crippen molar-refractivity contribution in [1.82, 2.24) is 0 Å². The molecular weight excluding hydrogens is 307 g/mol. The molecule has 1 aromatic rings. The fraction of sp³-hybridized carbons (Fsp3) is 0.357. The smallest absolute Gasteiger partial charge is 0.171 e. The van der Waals surface area contributed by atoms with Crippen LogP contribution in [0.15, 0.2) is 17.2 Å². The number of benzene rings is 1. The van der Waals surface area contributed by atoms with Crippen LogP contribution in [0.1, 0.15) is 36.2 Å². The molecule has 1 atom stereocenters. The lowest BCUT2D eigenvalue weighted by Gasteiger charge is -2.19. The molecule has 0 radical (unpaired) electrons. The van der Waals surface area contributed by atoms with Gasteiger partial charge in [-0.25, -0.2) is 0 Å². The maximum Gasteiger partial charge on any atom is 0.171 e. The zero-order valence-corrected chi connectivity index (χ0v) is 12.8. The number of allylic oxidation sites excluding steroid dienone is 2. The predicted octanol–water partition coefficient (Wildman–Crippen LogP) is 4.98. The Morgan fingerprint density at radius 3 is 2.68 bits per heavy atom. The molecule has 102 valence electrons. The van der Waals surface area contributed by atoms with Crippen LogP contribution in [0.25, 0.3) is 0 Å². The number of ketones is 1. The van der Waals surface area contributed by atoms with Crippen LogP contribution in [0.3, 0.4) is 0 Å². The third kappa shape index (κ3) is 2.49. The molecule has 1 aliphatic carbocycles. The number of aromatic hydroxyl groups is 1. The maximum atomic E-state index is 12.5. The van der Waals surface area contributed by atoms with Crippen molar-refractivity contribution < 1.29 is 9.90 Å². The molecular formula is C14H13Cl3O2. The van der Waals surface area contributed by atoms with Crippen LogP contribution in [0.5, 0.6) is 5.75 Å². The quantitative estimate of drug-likeness (QED) is 0.835. The lowest BCUT2D eigenvalue weighted by molar-refractivity contribution is 0.0845. The zero-order chi connectivity index (χ0) is 14.4. The van der Waals surface area contributed by atoms with Gasteiger partial charge in [0.25, 0.3) is 0 Å². The van der Waals surface area contributed by atoms with E-state index >= 15 is 0 Å². The molecule has 1 N–H and O–H groups in total. The lowest BCUT2D eigenvalue weighted by atomic mass is 9.82. The van der Waals surface area contributed by atoms with Crippen LogP contribution in [-0.4, -0.2) is 10.9 Å². The average molecular weight is 320 g/mol. The largest absolute Gasteiger partial charge is 0.506 e. The van der Waals surface area contributed by atoms with Crippen LogP contribution in [-0.2, 0) is 6.42 Å². The molecule has 2 nitrogen and oxygen atoms in total. The van der Waals surface area contributed by atoms with Gasteiger partial charge in [0.2, 0.25) is 0 Å². The van der Waals surface area contributed by atoms with Crippen molar-refractivity contribution in [1.29, 1.82) is 0 Å². The minimum absolute atomic E-state index is 0.0297. The van der Waals surface area contributed by atoms with E-state index in [1.165, 1.54) is 6.07 Å². The first kappa shape index (κ1) is 14.7. The highest BCUT2D eigenvalue weighted by Crippen LogP contribution is 2.47. The van der Waals surface area contributed by atoms with Gasteiger partial charge < -0.3 is 5.11 Å². The molecule has 0 fully saturated rings. The molecule has 0 aliphatic heterocycles. The van der Waals surface area contributed by atoms with Gasteiger partial charge in [-0.3, -0.25) is 4.79 Å². The number of fused-ring (bicyclic) bond motifs is 1. The summed E-state index contributed by atoms with van der Waals surface area (Å²) in [7, 11) is 0. The van der Waals surface area contributed by atoms with Gasteiger partial charge in [-0.05, 0) is 31.4 Å². The summed E-state index contributed by atoms with van der Waals surface area (Å²) in [5, 5.41) is 10.5. The molecule has 1 unspecified atom stereocenters. The van der Waals surface area contributed by atoms with E-state index in [0.717, 1.165) is 5.56 Å². The van der Waals surface area contributed by atoms with Crippen molar-refractivity contribution in [3.63, 3.8) is 0 Å². The monoisotopic (exact) mass is 318 g/mol.